The number of aromatic nitrogens is 2. The minimum absolute atomic E-state index is 0.573. The second kappa shape index (κ2) is 4.89. The lowest BCUT2D eigenvalue weighted by Gasteiger charge is -2.05. The molecule has 0 saturated heterocycles. The van der Waals surface area contributed by atoms with Crippen LogP contribution in [0.5, 0.6) is 11.6 Å². The van der Waals surface area contributed by atoms with E-state index in [1.807, 2.05) is 24.3 Å². The number of hydrogen-bond acceptors (Lipinski definition) is 3. The van der Waals surface area contributed by atoms with Crippen LogP contribution in [-0.2, 0) is 0 Å². The molecule has 1 aromatic carbocycles. The van der Waals surface area contributed by atoms with E-state index in [9.17, 15) is 0 Å². The van der Waals surface area contributed by atoms with Gasteiger partial charge in [0.15, 0.2) is 0 Å². The predicted molar refractivity (Wildman–Crippen MR) is 69.0 cm³/mol. The number of hydrogen-bond donors (Lipinski definition) is 0. The third-order valence-electron chi connectivity index (χ3n) is 1.64. The Bertz CT molecular complexity index is 478. The summed E-state index contributed by atoms with van der Waals surface area (Å²) < 4.78 is 7.46. The fraction of sp³-hybridized carbons (Fsp3) is 0. The highest BCUT2D eigenvalue weighted by atomic mass is 127. The van der Waals surface area contributed by atoms with Crippen molar-refractivity contribution in [3.8, 4) is 11.6 Å². The highest BCUT2D eigenvalue weighted by molar-refractivity contribution is 14.1. The van der Waals surface area contributed by atoms with Crippen LogP contribution in [0.2, 0.25) is 0 Å². The fourth-order valence-electron chi connectivity index (χ4n) is 1.02. The first-order valence-electron chi connectivity index (χ1n) is 4.14. The Hall–Kier alpha value is -0.690. The van der Waals surface area contributed by atoms with Crippen molar-refractivity contribution in [2.75, 3.05) is 0 Å². The van der Waals surface area contributed by atoms with Gasteiger partial charge in [-0.3, -0.25) is 0 Å². The first-order valence-corrected chi connectivity index (χ1v) is 6.02. The molecule has 0 aliphatic carbocycles. The zero-order chi connectivity index (χ0) is 10.7. The second-order valence-electron chi connectivity index (χ2n) is 2.74. The van der Waals surface area contributed by atoms with Crippen molar-refractivity contribution in [3.63, 3.8) is 0 Å². The molecule has 2 aromatic rings. The van der Waals surface area contributed by atoms with Gasteiger partial charge < -0.3 is 4.74 Å². The van der Waals surface area contributed by atoms with E-state index >= 15 is 0 Å². The van der Waals surface area contributed by atoms with Crippen LogP contribution in [0.4, 0.5) is 0 Å². The molecule has 0 bridgehead atoms. The number of halogens is 2. The van der Waals surface area contributed by atoms with E-state index in [0.29, 0.717) is 5.88 Å². The Morgan fingerprint density at radius 1 is 1.33 bits per heavy atom. The topological polar surface area (TPSA) is 35.0 Å². The summed E-state index contributed by atoms with van der Waals surface area (Å²) in [5.74, 6) is 1.32. The molecular formula is C10H6BrIN2O. The van der Waals surface area contributed by atoms with E-state index in [1.54, 1.807) is 6.20 Å². The monoisotopic (exact) mass is 376 g/mol. The number of nitrogens with zero attached hydrogens (tertiary/aromatic N) is 2. The fourth-order valence-corrected chi connectivity index (χ4v) is 1.81. The summed E-state index contributed by atoms with van der Waals surface area (Å²) in [6.07, 6.45) is 3.18. The molecule has 1 aromatic heterocycles. The van der Waals surface area contributed by atoms with Gasteiger partial charge in [0.1, 0.15) is 12.1 Å². The molecule has 0 saturated carbocycles. The first-order chi connectivity index (χ1) is 7.25. The van der Waals surface area contributed by atoms with Crippen LogP contribution < -0.4 is 4.74 Å². The molecule has 0 atom stereocenters. The van der Waals surface area contributed by atoms with Crippen LogP contribution in [-0.4, -0.2) is 9.97 Å². The maximum absolute atomic E-state index is 5.60. The largest absolute Gasteiger partial charge is 0.438 e. The van der Waals surface area contributed by atoms with E-state index in [0.717, 1.165) is 13.8 Å². The number of benzene rings is 1. The highest BCUT2D eigenvalue weighted by Crippen LogP contribution is 2.25. The summed E-state index contributed by atoms with van der Waals surface area (Å²) in [6, 6.07) is 7.62. The van der Waals surface area contributed by atoms with Crippen molar-refractivity contribution in [3.05, 3.63) is 44.8 Å². The number of ether oxygens (including phenoxy) is 1. The van der Waals surface area contributed by atoms with Crippen LogP contribution in [0.1, 0.15) is 0 Å². The van der Waals surface area contributed by atoms with E-state index in [4.69, 9.17) is 4.74 Å². The molecule has 0 N–H and O–H groups in total. The van der Waals surface area contributed by atoms with Gasteiger partial charge in [-0.1, -0.05) is 22.0 Å². The lowest BCUT2D eigenvalue weighted by atomic mass is 10.3. The van der Waals surface area contributed by atoms with Crippen molar-refractivity contribution in [1.82, 2.24) is 9.97 Å². The summed E-state index contributed by atoms with van der Waals surface area (Å²) in [5.41, 5.74) is 0. The van der Waals surface area contributed by atoms with Gasteiger partial charge in [-0.15, -0.1) is 0 Å². The molecule has 2 rings (SSSR count). The molecule has 0 fully saturated rings. The minimum atomic E-state index is 0.573. The van der Waals surface area contributed by atoms with Crippen molar-refractivity contribution in [2.45, 2.75) is 0 Å². The maximum Gasteiger partial charge on any atom is 0.235 e. The van der Waals surface area contributed by atoms with Gasteiger partial charge in [-0.05, 0) is 40.8 Å². The standard InChI is InChI=1S/C10H6BrIN2O/c11-7-2-1-3-8(4-7)15-10-9(12)5-13-6-14-10/h1-6H. The van der Waals surface area contributed by atoms with Crippen molar-refractivity contribution >= 4 is 38.5 Å². The van der Waals surface area contributed by atoms with Crippen LogP contribution in [0.15, 0.2) is 41.3 Å². The molecule has 0 amide bonds. The van der Waals surface area contributed by atoms with Gasteiger partial charge >= 0.3 is 0 Å². The molecule has 0 radical (unpaired) electrons. The Morgan fingerprint density at radius 3 is 2.93 bits per heavy atom. The maximum atomic E-state index is 5.60. The van der Waals surface area contributed by atoms with Gasteiger partial charge in [0.2, 0.25) is 5.88 Å². The third kappa shape index (κ3) is 2.88. The molecule has 5 heteroatoms. The van der Waals surface area contributed by atoms with E-state index in [2.05, 4.69) is 48.5 Å². The minimum Gasteiger partial charge on any atom is -0.438 e. The zero-order valence-corrected chi connectivity index (χ0v) is 11.3. The van der Waals surface area contributed by atoms with E-state index in [1.165, 1.54) is 6.33 Å². The summed E-state index contributed by atoms with van der Waals surface area (Å²) in [6.45, 7) is 0. The van der Waals surface area contributed by atoms with Crippen molar-refractivity contribution in [2.24, 2.45) is 0 Å². The lowest BCUT2D eigenvalue weighted by Crippen LogP contribution is -1.91. The Kier molecular flexibility index (Phi) is 3.53. The van der Waals surface area contributed by atoms with Gasteiger partial charge in [0.05, 0.1) is 3.57 Å². The van der Waals surface area contributed by atoms with Crippen molar-refractivity contribution < 1.29 is 4.74 Å². The highest BCUT2D eigenvalue weighted by Gasteiger charge is 2.03. The Balaban J connectivity index is 2.26. The second-order valence-corrected chi connectivity index (χ2v) is 4.81. The van der Waals surface area contributed by atoms with Crippen molar-refractivity contribution in [1.29, 1.82) is 0 Å². The molecule has 0 unspecified atom stereocenters. The predicted octanol–water partition coefficient (Wildman–Crippen LogP) is 3.64. The molecule has 0 aliphatic heterocycles. The van der Waals surface area contributed by atoms with Crippen LogP contribution in [0.3, 0.4) is 0 Å². The van der Waals surface area contributed by atoms with Gasteiger partial charge in [-0.2, -0.15) is 0 Å². The van der Waals surface area contributed by atoms with Gasteiger partial charge in [0.25, 0.3) is 0 Å². The summed E-state index contributed by atoms with van der Waals surface area (Å²) >= 11 is 5.51. The zero-order valence-electron chi connectivity index (χ0n) is 7.52. The average Bonchev–Trinajstić information content (AvgIpc) is 2.22. The van der Waals surface area contributed by atoms with Gasteiger partial charge in [0, 0.05) is 10.7 Å². The summed E-state index contributed by atoms with van der Waals surface area (Å²) in [5, 5.41) is 0. The quantitative estimate of drug-likeness (QED) is 0.750. The molecule has 76 valence electrons. The summed E-state index contributed by atoms with van der Waals surface area (Å²) in [4.78, 5) is 7.94. The normalized spacial score (nSPS) is 10.0. The smallest absolute Gasteiger partial charge is 0.235 e. The molecule has 3 nitrogen and oxygen atoms in total. The molecular weight excluding hydrogens is 371 g/mol. The van der Waals surface area contributed by atoms with Gasteiger partial charge in [-0.25, -0.2) is 9.97 Å². The van der Waals surface area contributed by atoms with E-state index < -0.39 is 0 Å². The van der Waals surface area contributed by atoms with Crippen LogP contribution in [0.25, 0.3) is 0 Å². The first kappa shape index (κ1) is 10.8. The molecule has 15 heavy (non-hydrogen) atoms. The molecule has 0 aliphatic rings. The van der Waals surface area contributed by atoms with E-state index in [-0.39, 0.29) is 0 Å². The molecule has 1 heterocycles. The number of rotatable bonds is 2. The van der Waals surface area contributed by atoms with Crippen LogP contribution in [0, 0.1) is 3.57 Å². The Morgan fingerprint density at radius 2 is 2.20 bits per heavy atom. The van der Waals surface area contributed by atoms with Crippen LogP contribution >= 0.6 is 38.5 Å². The lowest BCUT2D eigenvalue weighted by molar-refractivity contribution is 0.457. The SMILES string of the molecule is Brc1cccc(Oc2ncncc2I)c1. The Labute approximate surface area is 109 Å². The average molecular weight is 377 g/mol. The molecule has 0 spiro atoms. The summed E-state index contributed by atoms with van der Waals surface area (Å²) in [7, 11) is 0. The third-order valence-corrected chi connectivity index (χ3v) is 2.88.